The van der Waals surface area contributed by atoms with E-state index in [0.717, 1.165) is 32.1 Å². The van der Waals surface area contributed by atoms with Crippen molar-refractivity contribution in [1.82, 2.24) is 0 Å². The van der Waals surface area contributed by atoms with E-state index in [1.54, 1.807) is 7.11 Å². The summed E-state index contributed by atoms with van der Waals surface area (Å²) in [5.41, 5.74) is 2.52. The van der Waals surface area contributed by atoms with Crippen LogP contribution in [0.4, 0.5) is 0 Å². The number of fused-ring (bicyclic) bond motifs is 1. The Hall–Kier alpha value is -0.860. The van der Waals surface area contributed by atoms with E-state index < -0.39 is 5.60 Å². The number of aryl methyl sites for hydroxylation is 1. The van der Waals surface area contributed by atoms with Crippen LogP contribution in [0.15, 0.2) is 24.3 Å². The third-order valence-corrected chi connectivity index (χ3v) is 5.32. The second-order valence-corrected chi connectivity index (χ2v) is 6.65. The maximum absolute atomic E-state index is 10.9. The Morgan fingerprint density at radius 2 is 1.95 bits per heavy atom. The molecule has 1 aromatic rings. The van der Waals surface area contributed by atoms with E-state index in [4.69, 9.17) is 4.74 Å². The number of ether oxygens (including phenoxy) is 1. The minimum Gasteiger partial charge on any atom is -0.390 e. The average molecular weight is 274 g/mol. The predicted molar refractivity (Wildman–Crippen MR) is 81.0 cm³/mol. The topological polar surface area (TPSA) is 29.5 Å². The molecule has 2 nitrogen and oxygen atoms in total. The zero-order valence-corrected chi connectivity index (χ0v) is 12.5. The molecule has 1 N–H and O–H groups in total. The molecule has 110 valence electrons. The number of hydrogen-bond acceptors (Lipinski definition) is 2. The Morgan fingerprint density at radius 3 is 2.70 bits per heavy atom. The monoisotopic (exact) mass is 274 g/mol. The van der Waals surface area contributed by atoms with Gasteiger partial charge in [0.1, 0.15) is 0 Å². The van der Waals surface area contributed by atoms with Gasteiger partial charge in [-0.1, -0.05) is 24.3 Å². The summed E-state index contributed by atoms with van der Waals surface area (Å²) in [6.07, 6.45) is 8.77. The molecule has 0 heterocycles. The van der Waals surface area contributed by atoms with Crippen LogP contribution in [0.5, 0.6) is 0 Å². The molecule has 2 heteroatoms. The molecule has 2 aliphatic carbocycles. The minimum atomic E-state index is -0.468. The number of benzene rings is 1. The van der Waals surface area contributed by atoms with Crippen molar-refractivity contribution in [2.45, 2.75) is 69.0 Å². The van der Waals surface area contributed by atoms with Crippen LogP contribution in [0.25, 0.3) is 0 Å². The fraction of sp³-hybridized carbons (Fsp3) is 0.667. The first-order chi connectivity index (χ1) is 9.70. The normalized spacial score (nSPS) is 33.7. The van der Waals surface area contributed by atoms with E-state index in [0.29, 0.717) is 12.0 Å². The molecule has 1 aromatic carbocycles. The molecule has 0 saturated heterocycles. The second kappa shape index (κ2) is 5.87. The number of aliphatic hydroxyl groups is 1. The Kier molecular flexibility index (Phi) is 4.13. The maximum atomic E-state index is 10.9. The van der Waals surface area contributed by atoms with Crippen LogP contribution in [0, 0.1) is 0 Å². The van der Waals surface area contributed by atoms with Crippen molar-refractivity contribution in [2.24, 2.45) is 0 Å². The minimum absolute atomic E-state index is 0.355. The van der Waals surface area contributed by atoms with Gasteiger partial charge in [0.05, 0.1) is 11.7 Å². The van der Waals surface area contributed by atoms with Crippen LogP contribution in [-0.2, 0) is 11.2 Å². The highest BCUT2D eigenvalue weighted by Gasteiger charge is 2.36. The second-order valence-electron chi connectivity index (χ2n) is 6.65. The van der Waals surface area contributed by atoms with Crippen LogP contribution in [0.2, 0.25) is 0 Å². The smallest absolute Gasteiger partial charge is 0.0655 e. The van der Waals surface area contributed by atoms with Crippen molar-refractivity contribution in [3.63, 3.8) is 0 Å². The molecule has 1 saturated carbocycles. The largest absolute Gasteiger partial charge is 0.390 e. The predicted octanol–water partition coefficient (Wildman–Crippen LogP) is 3.82. The standard InChI is InChI=1S/C18H26O2/c1-20-16-9-11-18(19,12-10-16)13-15-7-4-6-14-5-2-3-8-17(14)15/h2-3,5,8,15-16,19H,4,6-7,9-13H2,1H3. The highest BCUT2D eigenvalue weighted by Crippen LogP contribution is 2.42. The van der Waals surface area contributed by atoms with Gasteiger partial charge in [0.25, 0.3) is 0 Å². The van der Waals surface area contributed by atoms with E-state index in [2.05, 4.69) is 24.3 Å². The molecule has 0 aliphatic heterocycles. The number of rotatable bonds is 3. The number of methoxy groups -OCH3 is 1. The van der Waals surface area contributed by atoms with Crippen molar-refractivity contribution in [1.29, 1.82) is 0 Å². The van der Waals surface area contributed by atoms with Crippen molar-refractivity contribution >= 4 is 0 Å². The Labute approximate surface area is 122 Å². The zero-order chi connectivity index (χ0) is 14.0. The first kappa shape index (κ1) is 14.1. The van der Waals surface area contributed by atoms with Gasteiger partial charge in [0.15, 0.2) is 0 Å². The molecule has 20 heavy (non-hydrogen) atoms. The van der Waals surface area contributed by atoms with Crippen molar-refractivity contribution in [2.75, 3.05) is 7.11 Å². The van der Waals surface area contributed by atoms with Gasteiger partial charge in [-0.05, 0) is 68.4 Å². The van der Waals surface area contributed by atoms with E-state index in [-0.39, 0.29) is 0 Å². The molecular formula is C18H26O2. The molecule has 1 unspecified atom stereocenters. The van der Waals surface area contributed by atoms with Gasteiger partial charge in [-0.15, -0.1) is 0 Å². The summed E-state index contributed by atoms with van der Waals surface area (Å²) in [5, 5.41) is 10.9. The van der Waals surface area contributed by atoms with Crippen LogP contribution < -0.4 is 0 Å². The summed E-state index contributed by atoms with van der Waals surface area (Å²) < 4.78 is 5.42. The third-order valence-electron chi connectivity index (χ3n) is 5.32. The Balaban J connectivity index is 1.69. The lowest BCUT2D eigenvalue weighted by Crippen LogP contribution is -2.38. The van der Waals surface area contributed by atoms with Gasteiger partial charge in [-0.2, -0.15) is 0 Å². The molecule has 0 amide bonds. The lowest BCUT2D eigenvalue weighted by Gasteiger charge is -2.39. The summed E-state index contributed by atoms with van der Waals surface area (Å²) >= 11 is 0. The SMILES string of the molecule is COC1CCC(O)(CC2CCCc3ccccc32)CC1. The highest BCUT2D eigenvalue weighted by atomic mass is 16.5. The van der Waals surface area contributed by atoms with E-state index >= 15 is 0 Å². The fourth-order valence-corrected chi connectivity index (χ4v) is 4.09. The van der Waals surface area contributed by atoms with Gasteiger partial charge < -0.3 is 9.84 Å². The maximum Gasteiger partial charge on any atom is 0.0655 e. The van der Waals surface area contributed by atoms with Crippen LogP contribution in [-0.4, -0.2) is 23.9 Å². The van der Waals surface area contributed by atoms with Crippen molar-refractivity contribution in [3.05, 3.63) is 35.4 Å². The summed E-state index contributed by atoms with van der Waals surface area (Å²) in [5.74, 6) is 0.545. The first-order valence-electron chi connectivity index (χ1n) is 8.03. The molecule has 0 aromatic heterocycles. The van der Waals surface area contributed by atoms with E-state index in [1.165, 1.54) is 30.4 Å². The average Bonchev–Trinajstić information content (AvgIpc) is 2.48. The Morgan fingerprint density at radius 1 is 1.20 bits per heavy atom. The van der Waals surface area contributed by atoms with Crippen LogP contribution in [0.1, 0.15) is 62.0 Å². The van der Waals surface area contributed by atoms with Gasteiger partial charge in [0, 0.05) is 7.11 Å². The lowest BCUT2D eigenvalue weighted by atomic mass is 9.72. The molecule has 0 bridgehead atoms. The molecule has 0 spiro atoms. The van der Waals surface area contributed by atoms with Gasteiger partial charge in [-0.25, -0.2) is 0 Å². The molecule has 1 fully saturated rings. The van der Waals surface area contributed by atoms with Gasteiger partial charge in [-0.3, -0.25) is 0 Å². The van der Waals surface area contributed by atoms with E-state index in [9.17, 15) is 5.11 Å². The molecule has 3 rings (SSSR count). The van der Waals surface area contributed by atoms with Crippen LogP contribution >= 0.6 is 0 Å². The van der Waals surface area contributed by atoms with Crippen LogP contribution in [0.3, 0.4) is 0 Å². The van der Waals surface area contributed by atoms with Crippen molar-refractivity contribution < 1.29 is 9.84 Å². The first-order valence-corrected chi connectivity index (χ1v) is 8.03. The third kappa shape index (κ3) is 2.91. The summed E-state index contributed by atoms with van der Waals surface area (Å²) in [4.78, 5) is 0. The zero-order valence-electron chi connectivity index (χ0n) is 12.5. The number of hydrogen-bond donors (Lipinski definition) is 1. The lowest BCUT2D eigenvalue weighted by molar-refractivity contribution is -0.0527. The quantitative estimate of drug-likeness (QED) is 0.908. The highest BCUT2D eigenvalue weighted by molar-refractivity contribution is 5.32. The molecule has 1 atom stereocenters. The van der Waals surface area contributed by atoms with Crippen molar-refractivity contribution in [3.8, 4) is 0 Å². The summed E-state index contributed by atoms with van der Waals surface area (Å²) in [6.45, 7) is 0. The molecular weight excluding hydrogens is 248 g/mol. The van der Waals surface area contributed by atoms with Gasteiger partial charge >= 0.3 is 0 Å². The van der Waals surface area contributed by atoms with E-state index in [1.807, 2.05) is 0 Å². The summed E-state index contributed by atoms with van der Waals surface area (Å²) in [6, 6.07) is 8.80. The fourth-order valence-electron chi connectivity index (χ4n) is 4.09. The Bertz CT molecular complexity index is 446. The summed E-state index contributed by atoms with van der Waals surface area (Å²) in [7, 11) is 1.78. The van der Waals surface area contributed by atoms with Gasteiger partial charge in [0.2, 0.25) is 0 Å². The molecule has 0 radical (unpaired) electrons. The molecule has 2 aliphatic rings.